The molecule has 1 saturated carbocycles. The lowest BCUT2D eigenvalue weighted by Crippen LogP contribution is -2.20. The van der Waals surface area contributed by atoms with Crippen molar-refractivity contribution in [1.29, 1.82) is 5.26 Å². The van der Waals surface area contributed by atoms with Gasteiger partial charge in [0.15, 0.2) is 11.6 Å². The molecule has 0 aromatic carbocycles. The summed E-state index contributed by atoms with van der Waals surface area (Å²) in [4.78, 5) is 4.10. The second kappa shape index (κ2) is 4.61. The molecule has 102 valence electrons. The van der Waals surface area contributed by atoms with E-state index in [4.69, 9.17) is 5.26 Å². The maximum Gasteiger partial charge on any atom is 0.236 e. The first-order chi connectivity index (χ1) is 9.62. The summed E-state index contributed by atoms with van der Waals surface area (Å²) in [5, 5.41) is 12.7. The third kappa shape index (κ3) is 2.23. The van der Waals surface area contributed by atoms with Crippen LogP contribution in [0.15, 0.2) is 30.6 Å². The lowest BCUT2D eigenvalue weighted by atomic mass is 10.4. The molecule has 20 heavy (non-hydrogen) atoms. The zero-order valence-electron chi connectivity index (χ0n) is 10.4. The van der Waals surface area contributed by atoms with Crippen molar-refractivity contribution in [3.63, 3.8) is 0 Å². The summed E-state index contributed by atoms with van der Waals surface area (Å²) >= 11 is 0. The molecule has 0 radical (unpaired) electrons. The minimum absolute atomic E-state index is 0.137. The molecule has 1 aliphatic carbocycles. The largest absolute Gasteiger partial charge is 0.266 e. The van der Waals surface area contributed by atoms with Gasteiger partial charge in [0, 0.05) is 6.20 Å². The first-order valence-electron chi connectivity index (χ1n) is 6.03. The number of hydrogen-bond donors (Lipinski definition) is 1. The topological polar surface area (TPSA) is 101 Å². The van der Waals surface area contributed by atoms with Crippen LogP contribution in [0.5, 0.6) is 0 Å². The molecule has 7 nitrogen and oxygen atoms in total. The summed E-state index contributed by atoms with van der Waals surface area (Å²) in [6.07, 6.45) is 4.19. The number of nitriles is 1. The van der Waals surface area contributed by atoms with E-state index in [1.165, 1.54) is 10.9 Å². The third-order valence-electron chi connectivity index (χ3n) is 2.96. The zero-order valence-corrected chi connectivity index (χ0v) is 11.2. The van der Waals surface area contributed by atoms with Gasteiger partial charge in [-0.2, -0.15) is 15.0 Å². The van der Waals surface area contributed by atoms with Crippen molar-refractivity contribution in [2.75, 3.05) is 4.72 Å². The van der Waals surface area contributed by atoms with Gasteiger partial charge in [0.05, 0.1) is 11.4 Å². The van der Waals surface area contributed by atoms with Crippen molar-refractivity contribution in [3.8, 4) is 11.9 Å². The molecular formula is C12H11N5O2S. The first-order valence-corrected chi connectivity index (χ1v) is 7.57. The van der Waals surface area contributed by atoms with E-state index in [1.54, 1.807) is 24.4 Å². The highest BCUT2D eigenvalue weighted by Crippen LogP contribution is 2.30. The molecule has 3 rings (SSSR count). The summed E-state index contributed by atoms with van der Waals surface area (Å²) in [5.74, 6) is 0.584. The molecule has 1 N–H and O–H groups in total. The average molecular weight is 289 g/mol. The third-order valence-corrected chi connectivity index (χ3v) is 4.79. The van der Waals surface area contributed by atoms with Crippen molar-refractivity contribution < 1.29 is 8.42 Å². The predicted octanol–water partition coefficient (Wildman–Crippen LogP) is 1.04. The Morgan fingerprint density at radius 1 is 1.40 bits per heavy atom. The summed E-state index contributed by atoms with van der Waals surface area (Å²) in [5.41, 5.74) is 0.167. The van der Waals surface area contributed by atoms with Gasteiger partial charge in [-0.15, -0.1) is 0 Å². The van der Waals surface area contributed by atoms with Crippen LogP contribution in [0, 0.1) is 11.3 Å². The molecule has 0 amide bonds. The van der Waals surface area contributed by atoms with Gasteiger partial charge in [0.25, 0.3) is 0 Å². The molecule has 0 atom stereocenters. The quantitative estimate of drug-likeness (QED) is 0.906. The molecule has 0 saturated heterocycles. The number of hydrogen-bond acceptors (Lipinski definition) is 5. The van der Waals surface area contributed by atoms with Gasteiger partial charge >= 0.3 is 0 Å². The normalized spacial score (nSPS) is 14.8. The Hall–Kier alpha value is -2.40. The van der Waals surface area contributed by atoms with Crippen molar-refractivity contribution in [1.82, 2.24) is 14.8 Å². The highest BCUT2D eigenvalue weighted by molar-refractivity contribution is 7.93. The second-order valence-corrected chi connectivity index (χ2v) is 6.43. The minimum atomic E-state index is -3.46. The zero-order chi connectivity index (χ0) is 14.2. The summed E-state index contributed by atoms with van der Waals surface area (Å²) in [6, 6.07) is 7.11. The van der Waals surface area contributed by atoms with Crippen LogP contribution in [-0.4, -0.2) is 28.4 Å². The first kappa shape index (κ1) is 12.6. The smallest absolute Gasteiger partial charge is 0.236 e. The molecule has 0 bridgehead atoms. The van der Waals surface area contributed by atoms with Gasteiger partial charge in [-0.25, -0.2) is 13.4 Å². The molecular weight excluding hydrogens is 278 g/mol. The maximum absolute atomic E-state index is 12.0. The van der Waals surface area contributed by atoms with Crippen molar-refractivity contribution >= 4 is 15.8 Å². The molecule has 2 aromatic rings. The van der Waals surface area contributed by atoms with Crippen LogP contribution < -0.4 is 4.72 Å². The van der Waals surface area contributed by atoms with Gasteiger partial charge in [0.1, 0.15) is 11.6 Å². The van der Waals surface area contributed by atoms with E-state index < -0.39 is 10.0 Å². The fourth-order valence-electron chi connectivity index (χ4n) is 1.78. The van der Waals surface area contributed by atoms with E-state index in [9.17, 15) is 8.42 Å². The van der Waals surface area contributed by atoms with Crippen LogP contribution in [0.3, 0.4) is 0 Å². The fourth-order valence-corrected chi connectivity index (χ4v) is 3.17. The van der Waals surface area contributed by atoms with Gasteiger partial charge in [0.2, 0.25) is 10.0 Å². The van der Waals surface area contributed by atoms with E-state index in [2.05, 4.69) is 14.8 Å². The number of rotatable bonds is 4. The number of anilines is 1. The van der Waals surface area contributed by atoms with Crippen LogP contribution in [0.1, 0.15) is 18.4 Å². The Bertz CT molecular complexity index is 772. The lowest BCUT2D eigenvalue weighted by Gasteiger charge is -2.09. The Morgan fingerprint density at radius 2 is 2.20 bits per heavy atom. The second-order valence-electron chi connectivity index (χ2n) is 4.46. The van der Waals surface area contributed by atoms with E-state index in [1.807, 2.05) is 6.07 Å². The van der Waals surface area contributed by atoms with E-state index in [0.717, 1.165) is 0 Å². The van der Waals surface area contributed by atoms with E-state index >= 15 is 0 Å². The van der Waals surface area contributed by atoms with Crippen LogP contribution in [0.2, 0.25) is 0 Å². The Labute approximate surface area is 115 Å². The lowest BCUT2D eigenvalue weighted by molar-refractivity contribution is 0.599. The summed E-state index contributed by atoms with van der Waals surface area (Å²) < 4.78 is 27.8. The van der Waals surface area contributed by atoms with Crippen molar-refractivity contribution in [2.24, 2.45) is 0 Å². The Kier molecular flexibility index (Phi) is 2.91. The van der Waals surface area contributed by atoms with Gasteiger partial charge in [-0.3, -0.25) is 4.72 Å². The number of nitrogens with zero attached hydrogens (tertiary/aromatic N) is 4. The van der Waals surface area contributed by atoms with Crippen molar-refractivity contribution in [2.45, 2.75) is 18.1 Å². The monoisotopic (exact) mass is 289 g/mol. The summed E-state index contributed by atoms with van der Waals surface area (Å²) in [6.45, 7) is 0. The molecule has 0 spiro atoms. The number of sulfonamides is 1. The van der Waals surface area contributed by atoms with Gasteiger partial charge in [-0.1, -0.05) is 6.07 Å². The molecule has 0 aliphatic heterocycles. The predicted molar refractivity (Wildman–Crippen MR) is 71.6 cm³/mol. The standard InChI is InChI=1S/C12H11N5O2S/c13-7-9-8-15-17(11-3-1-2-6-14-11)12(9)16-20(18,19)10-4-5-10/h1-3,6,8,10,16H,4-5H2. The maximum atomic E-state index is 12.0. The Balaban J connectivity index is 2.05. The molecule has 2 heterocycles. The van der Waals surface area contributed by atoms with Crippen molar-refractivity contribution in [3.05, 3.63) is 36.2 Å². The Morgan fingerprint density at radius 3 is 2.80 bits per heavy atom. The highest BCUT2D eigenvalue weighted by atomic mass is 32.2. The average Bonchev–Trinajstić information content (AvgIpc) is 3.23. The van der Waals surface area contributed by atoms with E-state index in [0.29, 0.717) is 18.7 Å². The number of pyridine rings is 1. The number of nitrogens with one attached hydrogen (secondary N) is 1. The minimum Gasteiger partial charge on any atom is -0.266 e. The molecule has 1 aliphatic rings. The van der Waals surface area contributed by atoms with E-state index in [-0.39, 0.29) is 16.6 Å². The van der Waals surface area contributed by atoms with Gasteiger partial charge in [-0.05, 0) is 25.0 Å². The number of aromatic nitrogens is 3. The highest BCUT2D eigenvalue weighted by Gasteiger charge is 2.37. The van der Waals surface area contributed by atoms with Crippen LogP contribution >= 0.6 is 0 Å². The van der Waals surface area contributed by atoms with Crippen LogP contribution in [0.25, 0.3) is 5.82 Å². The van der Waals surface area contributed by atoms with Gasteiger partial charge < -0.3 is 0 Å². The molecule has 0 unspecified atom stereocenters. The fraction of sp³-hybridized carbons (Fsp3) is 0.250. The molecule has 8 heteroatoms. The SMILES string of the molecule is N#Cc1cnn(-c2ccccn2)c1NS(=O)(=O)C1CC1. The van der Waals surface area contributed by atoms with Crippen LogP contribution in [0.4, 0.5) is 5.82 Å². The molecule has 1 fully saturated rings. The molecule has 2 aromatic heterocycles. The summed E-state index contributed by atoms with van der Waals surface area (Å²) in [7, 11) is -3.46. The van der Waals surface area contributed by atoms with Crippen LogP contribution in [-0.2, 0) is 10.0 Å².